The van der Waals surface area contributed by atoms with Gasteiger partial charge in [-0.15, -0.1) is 11.3 Å². The highest BCUT2D eigenvalue weighted by Gasteiger charge is 2.41. The summed E-state index contributed by atoms with van der Waals surface area (Å²) in [5, 5.41) is 5.70. The van der Waals surface area contributed by atoms with Crippen molar-refractivity contribution in [1.29, 1.82) is 0 Å². The van der Waals surface area contributed by atoms with E-state index in [1.165, 1.54) is 10.4 Å². The van der Waals surface area contributed by atoms with E-state index in [1.54, 1.807) is 7.11 Å². The Morgan fingerprint density at radius 3 is 2.94 bits per heavy atom. The van der Waals surface area contributed by atoms with E-state index in [0.717, 1.165) is 19.6 Å². The number of rotatable bonds is 6. The zero-order valence-electron chi connectivity index (χ0n) is 10.7. The van der Waals surface area contributed by atoms with Gasteiger partial charge in [0, 0.05) is 31.2 Å². The van der Waals surface area contributed by atoms with Gasteiger partial charge in [-0.05, 0) is 37.3 Å². The maximum absolute atomic E-state index is 5.61. The van der Waals surface area contributed by atoms with Gasteiger partial charge in [0.2, 0.25) is 0 Å². The third-order valence-electron chi connectivity index (χ3n) is 3.40. The zero-order chi connectivity index (χ0) is 12.3. The van der Waals surface area contributed by atoms with Crippen LogP contribution in [-0.4, -0.2) is 32.0 Å². The molecule has 96 valence electrons. The van der Waals surface area contributed by atoms with Gasteiger partial charge in [0.1, 0.15) is 0 Å². The fourth-order valence-corrected chi connectivity index (χ4v) is 3.14. The molecule has 17 heavy (non-hydrogen) atoms. The summed E-state index contributed by atoms with van der Waals surface area (Å²) in [6.45, 7) is 5.89. The Morgan fingerprint density at radius 1 is 1.53 bits per heavy atom. The number of ether oxygens (including phenoxy) is 2. The number of thiophene rings is 1. The highest BCUT2D eigenvalue weighted by atomic mass is 32.1. The van der Waals surface area contributed by atoms with Crippen LogP contribution in [0, 0.1) is 6.92 Å². The first-order valence-corrected chi connectivity index (χ1v) is 7.05. The molecule has 1 heterocycles. The summed E-state index contributed by atoms with van der Waals surface area (Å²) in [5.41, 5.74) is 1.37. The molecule has 3 unspecified atom stereocenters. The van der Waals surface area contributed by atoms with E-state index in [9.17, 15) is 0 Å². The Labute approximate surface area is 107 Å². The van der Waals surface area contributed by atoms with E-state index in [-0.39, 0.29) is 12.2 Å². The molecule has 0 aromatic carbocycles. The lowest BCUT2D eigenvalue weighted by atomic mass is 9.85. The van der Waals surface area contributed by atoms with Crippen molar-refractivity contribution in [3.63, 3.8) is 0 Å². The van der Waals surface area contributed by atoms with Crippen molar-refractivity contribution in [3.05, 3.63) is 21.9 Å². The van der Waals surface area contributed by atoms with Gasteiger partial charge in [-0.2, -0.15) is 0 Å². The highest BCUT2D eigenvalue weighted by Crippen LogP contribution is 2.27. The second-order valence-electron chi connectivity index (χ2n) is 4.44. The molecule has 0 bridgehead atoms. The smallest absolute Gasteiger partial charge is 0.0986 e. The molecule has 0 spiro atoms. The van der Waals surface area contributed by atoms with Crippen LogP contribution in [0.4, 0.5) is 0 Å². The van der Waals surface area contributed by atoms with E-state index < -0.39 is 0 Å². The molecule has 1 saturated carbocycles. The third kappa shape index (κ3) is 2.88. The van der Waals surface area contributed by atoms with Gasteiger partial charge in [-0.25, -0.2) is 0 Å². The SMILES string of the molecule is CCOC1CC(NCc2sccc2C)C1OC. The summed E-state index contributed by atoms with van der Waals surface area (Å²) in [4.78, 5) is 1.42. The number of nitrogens with one attached hydrogen (secondary N) is 1. The molecule has 0 amide bonds. The standard InChI is InChI=1S/C13H21NO2S/c1-4-16-11-7-10(13(11)15-3)14-8-12-9(2)5-6-17-12/h5-6,10-11,13-14H,4,7-8H2,1-3H3. The molecule has 0 saturated heterocycles. The van der Waals surface area contributed by atoms with Crippen molar-refractivity contribution < 1.29 is 9.47 Å². The molecule has 2 rings (SSSR count). The number of hydrogen-bond donors (Lipinski definition) is 1. The minimum absolute atomic E-state index is 0.204. The fraction of sp³-hybridized carbons (Fsp3) is 0.692. The average molecular weight is 255 g/mol. The molecule has 0 radical (unpaired) electrons. The predicted molar refractivity (Wildman–Crippen MR) is 70.5 cm³/mol. The molecule has 3 atom stereocenters. The average Bonchev–Trinajstić information content (AvgIpc) is 2.69. The summed E-state index contributed by atoms with van der Waals surface area (Å²) in [6, 6.07) is 2.59. The summed E-state index contributed by atoms with van der Waals surface area (Å²) in [5.74, 6) is 0. The van der Waals surface area contributed by atoms with Crippen LogP contribution in [-0.2, 0) is 16.0 Å². The molecule has 1 aromatic heterocycles. The van der Waals surface area contributed by atoms with E-state index in [1.807, 2.05) is 18.3 Å². The Morgan fingerprint density at radius 2 is 2.35 bits per heavy atom. The van der Waals surface area contributed by atoms with Gasteiger partial charge in [-0.1, -0.05) is 0 Å². The number of aryl methyl sites for hydroxylation is 1. The van der Waals surface area contributed by atoms with Crippen LogP contribution in [0.2, 0.25) is 0 Å². The van der Waals surface area contributed by atoms with Gasteiger partial charge in [0.05, 0.1) is 12.2 Å². The largest absolute Gasteiger partial charge is 0.377 e. The minimum atomic E-state index is 0.204. The number of hydrogen-bond acceptors (Lipinski definition) is 4. The van der Waals surface area contributed by atoms with E-state index in [2.05, 4.69) is 23.7 Å². The van der Waals surface area contributed by atoms with Crippen LogP contribution >= 0.6 is 11.3 Å². The highest BCUT2D eigenvalue weighted by molar-refractivity contribution is 7.10. The van der Waals surface area contributed by atoms with Crippen LogP contribution in [0.25, 0.3) is 0 Å². The molecule has 1 aromatic rings. The molecule has 1 fully saturated rings. The molecule has 4 heteroatoms. The first-order valence-electron chi connectivity index (χ1n) is 6.17. The van der Waals surface area contributed by atoms with Crippen molar-refractivity contribution in [3.8, 4) is 0 Å². The Balaban J connectivity index is 1.79. The summed E-state index contributed by atoms with van der Waals surface area (Å²) in [7, 11) is 1.76. The topological polar surface area (TPSA) is 30.5 Å². The van der Waals surface area contributed by atoms with Crippen molar-refractivity contribution in [2.24, 2.45) is 0 Å². The lowest BCUT2D eigenvalue weighted by molar-refractivity contribution is -0.131. The Hall–Kier alpha value is -0.420. The van der Waals surface area contributed by atoms with E-state index in [4.69, 9.17) is 9.47 Å². The van der Waals surface area contributed by atoms with Gasteiger partial charge < -0.3 is 14.8 Å². The zero-order valence-corrected chi connectivity index (χ0v) is 11.5. The fourth-order valence-electron chi connectivity index (χ4n) is 2.28. The van der Waals surface area contributed by atoms with Gasteiger partial charge >= 0.3 is 0 Å². The van der Waals surface area contributed by atoms with Crippen LogP contribution in [0.5, 0.6) is 0 Å². The normalized spacial score (nSPS) is 28.1. The quantitative estimate of drug-likeness (QED) is 0.846. The first kappa shape index (κ1) is 13.0. The van der Waals surface area contributed by atoms with Gasteiger partial charge in [0.15, 0.2) is 0 Å². The molecule has 1 aliphatic carbocycles. The first-order chi connectivity index (χ1) is 8.26. The third-order valence-corrected chi connectivity index (χ3v) is 4.42. The van der Waals surface area contributed by atoms with Crippen LogP contribution < -0.4 is 5.32 Å². The molecular weight excluding hydrogens is 234 g/mol. The lowest BCUT2D eigenvalue weighted by Crippen LogP contribution is -2.59. The summed E-state index contributed by atoms with van der Waals surface area (Å²) >= 11 is 1.81. The van der Waals surface area contributed by atoms with Crippen molar-refractivity contribution in [1.82, 2.24) is 5.32 Å². The lowest BCUT2D eigenvalue weighted by Gasteiger charge is -2.43. The molecular formula is C13H21NO2S. The minimum Gasteiger partial charge on any atom is -0.377 e. The maximum Gasteiger partial charge on any atom is 0.0986 e. The number of methoxy groups -OCH3 is 1. The van der Waals surface area contributed by atoms with E-state index >= 15 is 0 Å². The Bertz CT molecular complexity index is 353. The summed E-state index contributed by atoms with van der Waals surface area (Å²) < 4.78 is 11.1. The van der Waals surface area contributed by atoms with E-state index in [0.29, 0.717) is 6.04 Å². The predicted octanol–water partition coefficient (Wildman–Crippen LogP) is 2.34. The molecule has 1 aliphatic rings. The monoisotopic (exact) mass is 255 g/mol. The van der Waals surface area contributed by atoms with Crippen molar-refractivity contribution >= 4 is 11.3 Å². The maximum atomic E-state index is 5.61. The van der Waals surface area contributed by atoms with Crippen molar-refractivity contribution in [2.75, 3.05) is 13.7 Å². The van der Waals surface area contributed by atoms with Gasteiger partial charge in [-0.3, -0.25) is 0 Å². The van der Waals surface area contributed by atoms with Crippen molar-refractivity contribution in [2.45, 2.75) is 45.1 Å². The Kier molecular flexibility index (Phi) is 4.56. The van der Waals surface area contributed by atoms with Gasteiger partial charge in [0.25, 0.3) is 0 Å². The summed E-state index contributed by atoms with van der Waals surface area (Å²) in [6.07, 6.45) is 1.53. The second-order valence-corrected chi connectivity index (χ2v) is 5.44. The second kappa shape index (κ2) is 5.96. The van der Waals surface area contributed by atoms with Crippen LogP contribution in [0.15, 0.2) is 11.4 Å². The van der Waals surface area contributed by atoms with Crippen LogP contribution in [0.3, 0.4) is 0 Å². The van der Waals surface area contributed by atoms with Crippen LogP contribution in [0.1, 0.15) is 23.8 Å². The molecule has 0 aliphatic heterocycles. The molecule has 1 N–H and O–H groups in total. The molecule has 3 nitrogen and oxygen atoms in total.